The van der Waals surface area contributed by atoms with E-state index in [9.17, 15) is 9.59 Å². The molecular weight excluding hydrogens is 416 g/mol. The van der Waals surface area contributed by atoms with Crippen molar-refractivity contribution in [1.29, 1.82) is 0 Å². The van der Waals surface area contributed by atoms with E-state index in [-0.39, 0.29) is 17.9 Å². The molecule has 3 rings (SSSR count). The number of hydrogen-bond donors (Lipinski definition) is 0. The summed E-state index contributed by atoms with van der Waals surface area (Å²) in [7, 11) is 1.76. The molecule has 3 heterocycles. The van der Waals surface area contributed by atoms with Crippen LogP contribution < -0.4 is 0 Å². The fraction of sp³-hybridized carbons (Fsp3) is 0.682. The Bertz CT molecular complexity index is 717. The highest BCUT2D eigenvalue weighted by Crippen LogP contribution is 2.17. The lowest BCUT2D eigenvalue weighted by molar-refractivity contribution is -0.132. The molecule has 0 bridgehead atoms. The van der Waals surface area contributed by atoms with Crippen molar-refractivity contribution >= 4 is 40.5 Å². The molecule has 0 aliphatic carbocycles. The molecule has 1 aromatic rings. The van der Waals surface area contributed by atoms with Crippen LogP contribution in [-0.4, -0.2) is 88.9 Å². The highest BCUT2D eigenvalue weighted by molar-refractivity contribution is 7.80. The van der Waals surface area contributed by atoms with E-state index in [0.717, 1.165) is 50.6 Å². The van der Waals surface area contributed by atoms with Gasteiger partial charge in [-0.15, -0.1) is 11.3 Å². The number of likely N-dealkylation sites (N-methyl/N-ethyl adjacent to an activating group) is 1. The molecule has 2 amide bonds. The average molecular weight is 451 g/mol. The van der Waals surface area contributed by atoms with Crippen molar-refractivity contribution < 1.29 is 9.59 Å². The maximum atomic E-state index is 12.4. The molecule has 8 heteroatoms. The van der Waals surface area contributed by atoms with E-state index in [1.807, 2.05) is 29.3 Å². The van der Waals surface area contributed by atoms with Gasteiger partial charge >= 0.3 is 0 Å². The van der Waals surface area contributed by atoms with Gasteiger partial charge in [0.1, 0.15) is 6.04 Å². The molecule has 2 fully saturated rings. The summed E-state index contributed by atoms with van der Waals surface area (Å²) >= 11 is 7.02. The molecule has 6 nitrogen and oxygen atoms in total. The quantitative estimate of drug-likeness (QED) is 0.405. The molecule has 0 spiro atoms. The molecule has 1 aromatic heterocycles. The fourth-order valence-electron chi connectivity index (χ4n) is 4.20. The van der Waals surface area contributed by atoms with Gasteiger partial charge in [0.25, 0.3) is 5.91 Å². The zero-order chi connectivity index (χ0) is 21.5. The molecule has 2 aliphatic rings. The first-order valence-corrected chi connectivity index (χ1v) is 12.4. The molecule has 1 atom stereocenters. The van der Waals surface area contributed by atoms with E-state index in [2.05, 4.69) is 9.80 Å². The Morgan fingerprint density at radius 2 is 1.77 bits per heavy atom. The van der Waals surface area contributed by atoms with Gasteiger partial charge in [0.05, 0.1) is 6.42 Å². The average Bonchev–Trinajstić information content (AvgIpc) is 3.32. The van der Waals surface area contributed by atoms with Crippen molar-refractivity contribution in [2.75, 3.05) is 46.3 Å². The summed E-state index contributed by atoms with van der Waals surface area (Å²) in [6.07, 6.45) is 6.46. The van der Waals surface area contributed by atoms with Crippen molar-refractivity contribution in [2.45, 2.75) is 51.5 Å². The Morgan fingerprint density at radius 1 is 1.10 bits per heavy atom. The predicted octanol–water partition coefficient (Wildman–Crippen LogP) is 2.83. The number of thiophene rings is 1. The third kappa shape index (κ3) is 6.02. The van der Waals surface area contributed by atoms with Crippen LogP contribution in [0.1, 0.15) is 43.9 Å². The highest BCUT2D eigenvalue weighted by Gasteiger charge is 2.36. The second-order valence-corrected chi connectivity index (χ2v) is 9.69. The van der Waals surface area contributed by atoms with Crippen LogP contribution in [0.4, 0.5) is 0 Å². The lowest BCUT2D eigenvalue weighted by atomic mass is 10.1. The highest BCUT2D eigenvalue weighted by atomic mass is 32.1. The van der Waals surface area contributed by atoms with Gasteiger partial charge in [0.2, 0.25) is 5.91 Å². The van der Waals surface area contributed by atoms with Crippen LogP contribution in [0.15, 0.2) is 17.5 Å². The summed E-state index contributed by atoms with van der Waals surface area (Å²) in [6.45, 7) is 7.62. The number of piperazine rings is 1. The number of rotatable bonds is 10. The monoisotopic (exact) mass is 450 g/mol. The summed E-state index contributed by atoms with van der Waals surface area (Å²) in [4.78, 5) is 33.6. The summed E-state index contributed by atoms with van der Waals surface area (Å²) in [5.41, 5.74) is 0. The summed E-state index contributed by atoms with van der Waals surface area (Å²) in [5, 5.41) is 2.70. The maximum absolute atomic E-state index is 12.4. The predicted molar refractivity (Wildman–Crippen MR) is 126 cm³/mol. The van der Waals surface area contributed by atoms with Gasteiger partial charge in [-0.05, 0) is 50.0 Å². The molecule has 30 heavy (non-hydrogen) atoms. The minimum atomic E-state index is -0.113. The largest absolute Gasteiger partial charge is 0.340 e. The van der Waals surface area contributed by atoms with Gasteiger partial charge < -0.3 is 9.80 Å². The zero-order valence-electron chi connectivity index (χ0n) is 18.2. The van der Waals surface area contributed by atoms with Crippen molar-refractivity contribution in [3.8, 4) is 0 Å². The van der Waals surface area contributed by atoms with Crippen LogP contribution in [0.5, 0.6) is 0 Å². The lowest BCUT2D eigenvalue weighted by Gasteiger charge is -2.34. The smallest absolute Gasteiger partial charge is 0.250 e. The number of amides is 2. The number of thiocarbonyl (C=S) groups is 1. The van der Waals surface area contributed by atoms with Gasteiger partial charge in [0.15, 0.2) is 5.11 Å². The van der Waals surface area contributed by atoms with E-state index in [1.54, 1.807) is 23.3 Å². The van der Waals surface area contributed by atoms with Gasteiger partial charge in [-0.3, -0.25) is 19.4 Å². The first-order chi connectivity index (χ1) is 14.5. The molecule has 0 saturated carbocycles. The van der Waals surface area contributed by atoms with Crippen LogP contribution >= 0.6 is 23.6 Å². The van der Waals surface area contributed by atoms with Crippen LogP contribution in [-0.2, 0) is 16.0 Å². The zero-order valence-corrected chi connectivity index (χ0v) is 19.8. The molecule has 1 unspecified atom stereocenters. The lowest BCUT2D eigenvalue weighted by Crippen LogP contribution is -2.49. The first kappa shape index (κ1) is 23.2. The van der Waals surface area contributed by atoms with E-state index < -0.39 is 0 Å². The van der Waals surface area contributed by atoms with Gasteiger partial charge in [-0.1, -0.05) is 25.3 Å². The standard InChI is InChI=1S/C22H34N4O2S2/c1-18-21(28)23(2)22(29)26(18)11-7-5-3-4-6-10-24-12-14-25(15-13-24)20(27)17-19-9-8-16-30-19/h8-9,16,18H,3-7,10-15,17H2,1-2H3. The van der Waals surface area contributed by atoms with E-state index in [4.69, 9.17) is 12.2 Å². The van der Waals surface area contributed by atoms with Crippen LogP contribution in [0.2, 0.25) is 0 Å². The van der Waals surface area contributed by atoms with Gasteiger partial charge in [0, 0.05) is 44.6 Å². The van der Waals surface area contributed by atoms with Crippen LogP contribution in [0, 0.1) is 0 Å². The minimum Gasteiger partial charge on any atom is -0.340 e. The molecular formula is C22H34N4O2S2. The first-order valence-electron chi connectivity index (χ1n) is 11.1. The van der Waals surface area contributed by atoms with E-state index in [0.29, 0.717) is 11.5 Å². The summed E-state index contributed by atoms with van der Waals surface area (Å²) in [5.74, 6) is 0.366. The third-order valence-electron chi connectivity index (χ3n) is 6.19. The van der Waals surface area contributed by atoms with Crippen molar-refractivity contribution in [1.82, 2.24) is 19.6 Å². The number of carbonyl (C=O) groups excluding carboxylic acids is 2. The molecule has 0 N–H and O–H groups in total. The topological polar surface area (TPSA) is 47.1 Å². The normalized spacial score (nSPS) is 20.5. The van der Waals surface area contributed by atoms with Crippen molar-refractivity contribution in [3.05, 3.63) is 22.4 Å². The molecule has 0 aromatic carbocycles. The summed E-state index contributed by atoms with van der Waals surface area (Å²) < 4.78 is 0. The number of nitrogens with zero attached hydrogens (tertiary/aromatic N) is 4. The van der Waals surface area contributed by atoms with Crippen molar-refractivity contribution in [3.63, 3.8) is 0 Å². The third-order valence-corrected chi connectivity index (χ3v) is 7.58. The van der Waals surface area contributed by atoms with Crippen LogP contribution in [0.3, 0.4) is 0 Å². The molecule has 2 aliphatic heterocycles. The molecule has 2 saturated heterocycles. The molecule has 0 radical (unpaired) electrons. The fourth-order valence-corrected chi connectivity index (χ4v) is 5.23. The van der Waals surface area contributed by atoms with Crippen molar-refractivity contribution in [2.24, 2.45) is 0 Å². The Morgan fingerprint density at radius 3 is 2.37 bits per heavy atom. The van der Waals surface area contributed by atoms with Gasteiger partial charge in [-0.25, -0.2) is 0 Å². The SMILES string of the molecule is CC1C(=O)N(C)C(=S)N1CCCCCCCN1CCN(C(=O)Cc2cccs2)CC1. The van der Waals surface area contributed by atoms with Crippen LogP contribution in [0.25, 0.3) is 0 Å². The van der Waals surface area contributed by atoms with E-state index in [1.165, 1.54) is 25.7 Å². The summed E-state index contributed by atoms with van der Waals surface area (Å²) in [6, 6.07) is 3.93. The Hall–Kier alpha value is -1.51. The second-order valence-electron chi connectivity index (χ2n) is 8.30. The second kappa shape index (κ2) is 11.2. The Kier molecular flexibility index (Phi) is 8.65. The number of carbonyl (C=O) groups is 2. The Labute approximate surface area is 189 Å². The van der Waals surface area contributed by atoms with E-state index >= 15 is 0 Å². The maximum Gasteiger partial charge on any atom is 0.250 e. The Balaban J connectivity index is 1.21. The van der Waals surface area contributed by atoms with Gasteiger partial charge in [-0.2, -0.15) is 0 Å². The number of unbranched alkanes of at least 4 members (excludes halogenated alkanes) is 4. The number of hydrogen-bond acceptors (Lipinski definition) is 5. The molecule has 166 valence electrons. The minimum absolute atomic E-state index is 0.105.